The summed E-state index contributed by atoms with van der Waals surface area (Å²) in [6, 6.07) is 2.11. The van der Waals surface area contributed by atoms with Gasteiger partial charge in [0, 0.05) is 24.6 Å². The number of aryl methyl sites for hydroxylation is 1. The Morgan fingerprint density at radius 1 is 1.61 bits per heavy atom. The Labute approximate surface area is 112 Å². The summed E-state index contributed by atoms with van der Waals surface area (Å²) in [4.78, 5) is 14.7. The van der Waals surface area contributed by atoms with E-state index in [1.54, 1.807) is 13.2 Å². The molecule has 0 aliphatic carbocycles. The van der Waals surface area contributed by atoms with Gasteiger partial charge in [0.15, 0.2) is 0 Å². The van der Waals surface area contributed by atoms with Gasteiger partial charge in [-0.25, -0.2) is 4.79 Å². The maximum atomic E-state index is 10.9. The molecule has 1 aromatic rings. The number of aromatic carboxylic acids is 1. The predicted molar refractivity (Wildman–Crippen MR) is 73.4 cm³/mol. The Kier molecular flexibility index (Phi) is 5.78. The second kappa shape index (κ2) is 6.87. The predicted octanol–water partition coefficient (Wildman–Crippen LogP) is 2.61. The zero-order chi connectivity index (χ0) is 13.7. The van der Waals surface area contributed by atoms with E-state index in [4.69, 9.17) is 9.84 Å². The third-order valence-electron chi connectivity index (χ3n) is 3.04. The standard InChI is InChI=1S/C13H21NO3S/c1-5-14(9(2)8-17-4)7-11-6-12(13(15)16)18-10(11)3/h6,9H,5,7-8H2,1-4H3,(H,15,16). The van der Waals surface area contributed by atoms with Crippen molar-refractivity contribution in [2.24, 2.45) is 0 Å². The molecule has 1 unspecified atom stereocenters. The molecule has 0 aliphatic heterocycles. The fourth-order valence-corrected chi connectivity index (χ4v) is 2.80. The van der Waals surface area contributed by atoms with Crippen molar-refractivity contribution < 1.29 is 14.6 Å². The van der Waals surface area contributed by atoms with Gasteiger partial charge in [0.25, 0.3) is 0 Å². The van der Waals surface area contributed by atoms with Crippen molar-refractivity contribution in [3.63, 3.8) is 0 Å². The molecule has 0 saturated heterocycles. The second-order valence-corrected chi connectivity index (χ2v) is 5.62. The molecular formula is C13H21NO3S. The molecule has 0 amide bonds. The number of carboxylic acid groups (broad SMARTS) is 1. The molecule has 0 spiro atoms. The SMILES string of the molecule is CCN(Cc1cc(C(=O)O)sc1C)C(C)COC. The Morgan fingerprint density at radius 2 is 2.28 bits per heavy atom. The van der Waals surface area contributed by atoms with Crippen molar-refractivity contribution in [1.29, 1.82) is 0 Å². The lowest BCUT2D eigenvalue weighted by Gasteiger charge is -2.27. The van der Waals surface area contributed by atoms with E-state index in [1.807, 2.05) is 6.92 Å². The van der Waals surface area contributed by atoms with Gasteiger partial charge in [-0.15, -0.1) is 11.3 Å². The molecule has 1 rings (SSSR count). The molecule has 1 aromatic heterocycles. The number of likely N-dealkylation sites (N-methyl/N-ethyl adjacent to an activating group) is 1. The van der Waals surface area contributed by atoms with E-state index in [0.717, 1.165) is 23.5 Å². The number of methoxy groups -OCH3 is 1. The molecule has 0 bridgehead atoms. The normalized spacial score (nSPS) is 12.9. The Morgan fingerprint density at radius 3 is 2.72 bits per heavy atom. The monoisotopic (exact) mass is 271 g/mol. The van der Waals surface area contributed by atoms with Crippen molar-refractivity contribution in [2.75, 3.05) is 20.3 Å². The van der Waals surface area contributed by atoms with E-state index in [0.29, 0.717) is 17.5 Å². The fourth-order valence-electron chi connectivity index (χ4n) is 1.93. The average molecular weight is 271 g/mol. The molecule has 18 heavy (non-hydrogen) atoms. The van der Waals surface area contributed by atoms with Gasteiger partial charge in [0.05, 0.1) is 6.61 Å². The first-order valence-electron chi connectivity index (χ1n) is 6.05. The van der Waals surface area contributed by atoms with Gasteiger partial charge < -0.3 is 9.84 Å². The minimum absolute atomic E-state index is 0.326. The molecule has 0 aromatic carbocycles. The largest absolute Gasteiger partial charge is 0.477 e. The van der Waals surface area contributed by atoms with E-state index in [-0.39, 0.29) is 0 Å². The van der Waals surface area contributed by atoms with Crippen LogP contribution in [0.15, 0.2) is 6.07 Å². The summed E-state index contributed by atoms with van der Waals surface area (Å²) in [7, 11) is 1.70. The van der Waals surface area contributed by atoms with Crippen LogP contribution in [0.4, 0.5) is 0 Å². The number of rotatable bonds is 7. The highest BCUT2D eigenvalue weighted by atomic mass is 32.1. The maximum Gasteiger partial charge on any atom is 0.345 e. The van der Waals surface area contributed by atoms with Crippen LogP contribution in [0.3, 0.4) is 0 Å². The van der Waals surface area contributed by atoms with Gasteiger partial charge in [0.2, 0.25) is 0 Å². The molecule has 5 heteroatoms. The van der Waals surface area contributed by atoms with E-state index in [2.05, 4.69) is 18.7 Å². The number of nitrogens with zero attached hydrogens (tertiary/aromatic N) is 1. The number of hydrogen-bond acceptors (Lipinski definition) is 4. The van der Waals surface area contributed by atoms with Crippen LogP contribution < -0.4 is 0 Å². The minimum Gasteiger partial charge on any atom is -0.477 e. The molecule has 0 fully saturated rings. The number of hydrogen-bond donors (Lipinski definition) is 1. The zero-order valence-corrected chi connectivity index (χ0v) is 12.2. The summed E-state index contributed by atoms with van der Waals surface area (Å²) >= 11 is 1.34. The first-order chi connectivity index (χ1) is 8.49. The molecule has 1 heterocycles. The molecule has 102 valence electrons. The molecule has 1 N–H and O–H groups in total. The maximum absolute atomic E-state index is 10.9. The van der Waals surface area contributed by atoms with Gasteiger partial charge in [-0.05, 0) is 32.0 Å². The van der Waals surface area contributed by atoms with Gasteiger partial charge in [-0.1, -0.05) is 6.92 Å². The molecule has 0 radical (unpaired) electrons. The first kappa shape index (κ1) is 15.1. The molecular weight excluding hydrogens is 250 g/mol. The topological polar surface area (TPSA) is 49.8 Å². The highest BCUT2D eigenvalue weighted by Gasteiger charge is 2.16. The Hall–Kier alpha value is -0.910. The van der Waals surface area contributed by atoms with Crippen molar-refractivity contribution in [1.82, 2.24) is 4.90 Å². The molecule has 1 atom stereocenters. The van der Waals surface area contributed by atoms with Crippen molar-refractivity contribution in [3.8, 4) is 0 Å². The fraction of sp³-hybridized carbons (Fsp3) is 0.615. The third-order valence-corrected chi connectivity index (χ3v) is 4.12. The van der Waals surface area contributed by atoms with Crippen LogP contribution in [0.25, 0.3) is 0 Å². The summed E-state index contributed by atoms with van der Waals surface area (Å²) in [5.41, 5.74) is 1.10. The third kappa shape index (κ3) is 3.80. The summed E-state index contributed by atoms with van der Waals surface area (Å²) in [6.45, 7) is 8.57. The van der Waals surface area contributed by atoms with Crippen LogP contribution in [-0.2, 0) is 11.3 Å². The number of carboxylic acids is 1. The van der Waals surface area contributed by atoms with Crippen molar-refractivity contribution in [2.45, 2.75) is 33.4 Å². The smallest absolute Gasteiger partial charge is 0.345 e. The average Bonchev–Trinajstić information content (AvgIpc) is 2.68. The highest BCUT2D eigenvalue weighted by molar-refractivity contribution is 7.14. The molecule has 0 saturated carbocycles. The lowest BCUT2D eigenvalue weighted by molar-refractivity contribution is 0.0702. The van der Waals surface area contributed by atoms with Gasteiger partial charge >= 0.3 is 5.97 Å². The van der Waals surface area contributed by atoms with Crippen LogP contribution in [0.5, 0.6) is 0 Å². The lowest BCUT2D eigenvalue weighted by atomic mass is 10.2. The summed E-state index contributed by atoms with van der Waals surface area (Å²) in [5, 5.41) is 8.98. The first-order valence-corrected chi connectivity index (χ1v) is 6.86. The van der Waals surface area contributed by atoms with Crippen LogP contribution in [0, 0.1) is 6.92 Å². The molecule has 0 aliphatic rings. The Bertz CT molecular complexity index is 403. The van der Waals surface area contributed by atoms with Crippen LogP contribution in [-0.4, -0.2) is 42.3 Å². The van der Waals surface area contributed by atoms with Crippen LogP contribution in [0.1, 0.15) is 34.0 Å². The van der Waals surface area contributed by atoms with Gasteiger partial charge in [-0.3, -0.25) is 4.90 Å². The molecule has 4 nitrogen and oxygen atoms in total. The number of thiophene rings is 1. The number of ether oxygens (including phenoxy) is 1. The Balaban J connectivity index is 2.78. The zero-order valence-electron chi connectivity index (χ0n) is 11.4. The van der Waals surface area contributed by atoms with Crippen LogP contribution in [0.2, 0.25) is 0 Å². The van der Waals surface area contributed by atoms with Crippen LogP contribution >= 0.6 is 11.3 Å². The van der Waals surface area contributed by atoms with E-state index in [1.165, 1.54) is 11.3 Å². The van der Waals surface area contributed by atoms with Gasteiger partial charge in [0.1, 0.15) is 4.88 Å². The highest BCUT2D eigenvalue weighted by Crippen LogP contribution is 2.23. The quantitative estimate of drug-likeness (QED) is 0.828. The summed E-state index contributed by atoms with van der Waals surface area (Å²) in [6.07, 6.45) is 0. The van der Waals surface area contributed by atoms with Crippen molar-refractivity contribution in [3.05, 3.63) is 21.4 Å². The summed E-state index contributed by atoms with van der Waals surface area (Å²) in [5.74, 6) is -0.845. The van der Waals surface area contributed by atoms with Gasteiger partial charge in [-0.2, -0.15) is 0 Å². The minimum atomic E-state index is -0.845. The van der Waals surface area contributed by atoms with Crippen molar-refractivity contribution >= 4 is 17.3 Å². The summed E-state index contributed by atoms with van der Waals surface area (Å²) < 4.78 is 5.16. The number of carbonyl (C=O) groups is 1. The second-order valence-electron chi connectivity index (χ2n) is 4.36. The van der Waals surface area contributed by atoms with E-state index in [9.17, 15) is 4.79 Å². The van der Waals surface area contributed by atoms with E-state index >= 15 is 0 Å². The van der Waals surface area contributed by atoms with E-state index < -0.39 is 5.97 Å². The lowest BCUT2D eigenvalue weighted by Crippen LogP contribution is -2.35.